The van der Waals surface area contributed by atoms with Gasteiger partial charge in [0.2, 0.25) is 0 Å². The van der Waals surface area contributed by atoms with E-state index in [1.807, 2.05) is 11.8 Å². The summed E-state index contributed by atoms with van der Waals surface area (Å²) in [6.45, 7) is 0. The fourth-order valence-corrected chi connectivity index (χ4v) is 8.14. The molecule has 1 aliphatic heterocycles. The summed E-state index contributed by atoms with van der Waals surface area (Å²) in [5.41, 5.74) is 10.3. The molecule has 0 aliphatic carbocycles. The first-order valence-corrected chi connectivity index (χ1v) is 15.6. The average molecular weight is 563 g/mol. The first-order valence-electron chi connectivity index (χ1n) is 14.8. The van der Waals surface area contributed by atoms with Crippen LogP contribution in [0, 0.1) is 0 Å². The first kappa shape index (κ1) is 24.5. The highest BCUT2D eigenvalue weighted by Crippen LogP contribution is 2.50. The molecule has 0 unspecified atom stereocenters. The van der Waals surface area contributed by atoms with E-state index in [9.17, 15) is 0 Å². The molecule has 1 heterocycles. The number of hydrogen-bond donors (Lipinski definition) is 0. The van der Waals surface area contributed by atoms with E-state index in [-0.39, 0.29) is 0 Å². The molecule has 0 radical (unpaired) electrons. The Morgan fingerprint density at radius 2 is 0.767 bits per heavy atom. The van der Waals surface area contributed by atoms with Crippen molar-refractivity contribution >= 4 is 44.1 Å². The highest BCUT2D eigenvalue weighted by molar-refractivity contribution is 7.99. The van der Waals surface area contributed by atoms with E-state index in [2.05, 4.69) is 158 Å². The van der Waals surface area contributed by atoms with Crippen molar-refractivity contribution < 1.29 is 0 Å². The van der Waals surface area contributed by atoms with Crippen molar-refractivity contribution in [3.8, 4) is 44.5 Å². The number of rotatable bonds is 3. The molecular formula is C42H26S. The molecular weight excluding hydrogens is 537 g/mol. The predicted octanol–water partition coefficient (Wildman–Crippen LogP) is 12.3. The van der Waals surface area contributed by atoms with Gasteiger partial charge in [-0.05, 0) is 83.6 Å². The Morgan fingerprint density at radius 1 is 0.279 bits per heavy atom. The zero-order chi connectivity index (χ0) is 28.3. The normalized spacial score (nSPS) is 12.1. The summed E-state index contributed by atoms with van der Waals surface area (Å²) >= 11 is 1.88. The van der Waals surface area contributed by atoms with Crippen LogP contribution in [0.15, 0.2) is 168 Å². The Labute approximate surface area is 255 Å². The van der Waals surface area contributed by atoms with Crippen LogP contribution in [-0.2, 0) is 0 Å². The van der Waals surface area contributed by atoms with E-state index in [1.54, 1.807) is 0 Å². The van der Waals surface area contributed by atoms with E-state index in [0.717, 1.165) is 0 Å². The summed E-state index contributed by atoms with van der Waals surface area (Å²) in [5, 5.41) is 7.81. The summed E-state index contributed by atoms with van der Waals surface area (Å²) in [6.07, 6.45) is 0. The zero-order valence-electron chi connectivity index (χ0n) is 23.4. The summed E-state index contributed by atoms with van der Waals surface area (Å²) in [6, 6.07) is 57.9. The van der Waals surface area contributed by atoms with Crippen molar-refractivity contribution in [1.29, 1.82) is 0 Å². The Morgan fingerprint density at radius 3 is 1.44 bits per heavy atom. The van der Waals surface area contributed by atoms with Crippen LogP contribution in [0.2, 0.25) is 0 Å². The number of fused-ring (bicyclic) bond motifs is 4. The van der Waals surface area contributed by atoms with Gasteiger partial charge in [-0.25, -0.2) is 0 Å². The van der Waals surface area contributed by atoms with Gasteiger partial charge in [0, 0.05) is 15.2 Å². The Balaban J connectivity index is 1.23. The van der Waals surface area contributed by atoms with Crippen molar-refractivity contribution in [2.24, 2.45) is 0 Å². The molecule has 0 aromatic heterocycles. The van der Waals surface area contributed by atoms with Crippen LogP contribution >= 0.6 is 11.8 Å². The van der Waals surface area contributed by atoms with Crippen molar-refractivity contribution in [1.82, 2.24) is 0 Å². The van der Waals surface area contributed by atoms with E-state index in [1.165, 1.54) is 86.6 Å². The van der Waals surface area contributed by atoms with Crippen molar-refractivity contribution in [3.63, 3.8) is 0 Å². The minimum atomic E-state index is 1.24. The fraction of sp³-hybridized carbons (Fsp3) is 0. The molecule has 200 valence electrons. The Kier molecular flexibility index (Phi) is 5.54. The van der Waals surface area contributed by atoms with Gasteiger partial charge in [0.25, 0.3) is 0 Å². The lowest BCUT2D eigenvalue weighted by molar-refractivity contribution is 1.40. The Hall–Kier alpha value is -5.11. The number of hydrogen-bond acceptors (Lipinski definition) is 1. The highest BCUT2D eigenvalue weighted by atomic mass is 32.2. The fourth-order valence-electron chi connectivity index (χ4n) is 7.00. The van der Waals surface area contributed by atoms with E-state index in [0.29, 0.717) is 0 Å². The van der Waals surface area contributed by atoms with Gasteiger partial charge < -0.3 is 0 Å². The molecule has 0 saturated carbocycles. The van der Waals surface area contributed by atoms with Crippen LogP contribution in [0.3, 0.4) is 0 Å². The van der Waals surface area contributed by atoms with Gasteiger partial charge in [-0.2, -0.15) is 0 Å². The zero-order valence-corrected chi connectivity index (χ0v) is 24.2. The highest BCUT2D eigenvalue weighted by Gasteiger charge is 2.21. The molecule has 8 aromatic carbocycles. The molecule has 1 aliphatic rings. The van der Waals surface area contributed by atoms with Crippen molar-refractivity contribution in [2.75, 3.05) is 0 Å². The second kappa shape index (κ2) is 9.73. The monoisotopic (exact) mass is 562 g/mol. The van der Waals surface area contributed by atoms with Crippen LogP contribution in [0.25, 0.3) is 76.8 Å². The predicted molar refractivity (Wildman–Crippen MR) is 185 cm³/mol. The molecule has 0 fully saturated rings. The second-order valence-corrected chi connectivity index (χ2v) is 12.3. The van der Waals surface area contributed by atoms with Crippen LogP contribution in [0.5, 0.6) is 0 Å². The molecule has 0 atom stereocenters. The first-order chi connectivity index (χ1) is 21.3. The maximum Gasteiger partial charge on any atom is 0.0207 e. The largest absolute Gasteiger partial charge is 0.0888 e. The van der Waals surface area contributed by atoms with Gasteiger partial charge in [0.05, 0.1) is 0 Å². The van der Waals surface area contributed by atoms with E-state index < -0.39 is 0 Å². The minimum absolute atomic E-state index is 1.24. The maximum absolute atomic E-state index is 2.32. The SMILES string of the molecule is c1ccc(-c2c3ccccc3c(-c3ccc(-c4ccc5c6c(cccc46)Sc4ccccc4-5)cc3)c3ccccc23)cc1. The quantitative estimate of drug-likeness (QED) is 0.193. The van der Waals surface area contributed by atoms with Gasteiger partial charge in [-0.15, -0.1) is 0 Å². The third-order valence-electron chi connectivity index (χ3n) is 8.88. The molecule has 0 saturated heterocycles. The standard InChI is InChI=1S/C42H26S/c1-2-11-28(12-3-1)40-33-14-4-6-16-35(33)41(36-17-7-5-15-34(36)40)29-23-21-27(22-24-29)30-25-26-37-31-13-8-9-19-38(31)43-39-20-10-18-32(30)42(37)39/h1-26H. The van der Waals surface area contributed by atoms with Crippen LogP contribution in [0.1, 0.15) is 0 Å². The molecule has 1 heteroatoms. The van der Waals surface area contributed by atoms with Gasteiger partial charge in [-0.3, -0.25) is 0 Å². The topological polar surface area (TPSA) is 0 Å². The van der Waals surface area contributed by atoms with Crippen LogP contribution < -0.4 is 0 Å². The average Bonchev–Trinajstić information content (AvgIpc) is 3.08. The van der Waals surface area contributed by atoms with Crippen LogP contribution in [-0.4, -0.2) is 0 Å². The molecule has 43 heavy (non-hydrogen) atoms. The lowest BCUT2D eigenvalue weighted by atomic mass is 9.85. The smallest absolute Gasteiger partial charge is 0.0207 e. The van der Waals surface area contributed by atoms with Gasteiger partial charge in [0.15, 0.2) is 0 Å². The maximum atomic E-state index is 2.32. The van der Waals surface area contributed by atoms with Gasteiger partial charge in [-0.1, -0.05) is 157 Å². The molecule has 8 aromatic rings. The number of benzene rings is 8. The third kappa shape index (κ3) is 3.79. The molecule has 0 amide bonds. The summed E-state index contributed by atoms with van der Waals surface area (Å²) < 4.78 is 0. The minimum Gasteiger partial charge on any atom is -0.0888 e. The molecule has 0 spiro atoms. The molecule has 0 nitrogen and oxygen atoms in total. The van der Waals surface area contributed by atoms with E-state index in [4.69, 9.17) is 0 Å². The third-order valence-corrected chi connectivity index (χ3v) is 10.0. The molecule has 9 rings (SSSR count). The molecule has 0 bridgehead atoms. The lowest BCUT2D eigenvalue weighted by Gasteiger charge is -2.22. The lowest BCUT2D eigenvalue weighted by Crippen LogP contribution is -1.94. The summed E-state index contributed by atoms with van der Waals surface area (Å²) in [5.74, 6) is 0. The van der Waals surface area contributed by atoms with Crippen molar-refractivity contribution in [2.45, 2.75) is 9.79 Å². The summed E-state index contributed by atoms with van der Waals surface area (Å²) in [7, 11) is 0. The van der Waals surface area contributed by atoms with Gasteiger partial charge in [0.1, 0.15) is 0 Å². The molecule has 0 N–H and O–H groups in total. The van der Waals surface area contributed by atoms with Gasteiger partial charge >= 0.3 is 0 Å². The van der Waals surface area contributed by atoms with E-state index >= 15 is 0 Å². The Bertz CT molecular complexity index is 2290. The second-order valence-electron chi connectivity index (χ2n) is 11.2. The van der Waals surface area contributed by atoms with Crippen LogP contribution in [0.4, 0.5) is 0 Å². The van der Waals surface area contributed by atoms with Crippen molar-refractivity contribution in [3.05, 3.63) is 158 Å². The summed E-state index contributed by atoms with van der Waals surface area (Å²) in [4.78, 5) is 2.67.